The van der Waals surface area contributed by atoms with Crippen LogP contribution >= 0.6 is 0 Å². The smallest absolute Gasteiger partial charge is 0.126 e. The molecule has 1 aromatic carbocycles. The molecule has 3 heteroatoms. The van der Waals surface area contributed by atoms with E-state index >= 15 is 0 Å². The molecule has 2 unspecified atom stereocenters. The van der Waals surface area contributed by atoms with E-state index in [9.17, 15) is 4.39 Å². The van der Waals surface area contributed by atoms with Crippen LogP contribution < -0.4 is 10.6 Å². The maximum Gasteiger partial charge on any atom is 0.126 e. The summed E-state index contributed by atoms with van der Waals surface area (Å²) < 4.78 is 13.6. The number of benzene rings is 1. The predicted octanol–water partition coefficient (Wildman–Crippen LogP) is 3.64. The zero-order valence-electron chi connectivity index (χ0n) is 12.1. The first kappa shape index (κ1) is 15.0. The molecule has 0 saturated carbocycles. The van der Waals surface area contributed by atoms with Gasteiger partial charge in [-0.05, 0) is 43.0 Å². The summed E-state index contributed by atoms with van der Waals surface area (Å²) in [5.41, 5.74) is 8.54. The van der Waals surface area contributed by atoms with E-state index in [0.717, 1.165) is 24.2 Å². The topological polar surface area (TPSA) is 29.3 Å². The Morgan fingerprint density at radius 3 is 2.44 bits per heavy atom. The fourth-order valence-corrected chi connectivity index (χ4v) is 2.07. The van der Waals surface area contributed by atoms with Gasteiger partial charge >= 0.3 is 0 Å². The minimum absolute atomic E-state index is 0.158. The number of aryl methyl sites for hydroxylation is 1. The van der Waals surface area contributed by atoms with Gasteiger partial charge in [0.05, 0.1) is 0 Å². The van der Waals surface area contributed by atoms with Crippen LogP contribution in [0, 0.1) is 18.7 Å². The normalized spacial score (nSPS) is 14.4. The lowest BCUT2D eigenvalue weighted by atomic mass is 10.0. The van der Waals surface area contributed by atoms with Gasteiger partial charge in [0.1, 0.15) is 5.82 Å². The molecule has 2 atom stereocenters. The summed E-state index contributed by atoms with van der Waals surface area (Å²) in [6.45, 7) is 9.05. The molecule has 2 N–H and O–H groups in total. The van der Waals surface area contributed by atoms with Crippen molar-refractivity contribution in [3.8, 4) is 0 Å². The number of anilines is 1. The highest BCUT2D eigenvalue weighted by molar-refractivity contribution is 5.56. The highest BCUT2D eigenvalue weighted by Gasteiger charge is 2.15. The summed E-state index contributed by atoms with van der Waals surface area (Å²) in [6.07, 6.45) is 1.14. The summed E-state index contributed by atoms with van der Waals surface area (Å²) in [5, 5.41) is 0. The van der Waals surface area contributed by atoms with Crippen LogP contribution in [0.5, 0.6) is 0 Å². The van der Waals surface area contributed by atoms with Crippen molar-refractivity contribution >= 4 is 5.69 Å². The summed E-state index contributed by atoms with van der Waals surface area (Å²) in [6, 6.07) is 3.31. The second-order valence-corrected chi connectivity index (χ2v) is 5.34. The van der Waals surface area contributed by atoms with Crippen LogP contribution in [-0.2, 0) is 0 Å². The van der Waals surface area contributed by atoms with E-state index in [-0.39, 0.29) is 11.9 Å². The molecule has 0 fully saturated rings. The van der Waals surface area contributed by atoms with Crippen LogP contribution in [0.25, 0.3) is 0 Å². The highest BCUT2D eigenvalue weighted by Crippen LogP contribution is 2.28. The standard InChI is InChI=1S/C15H25FN2/c1-6-10(2)9-18(5)15-7-11(3)14(16)8-13(15)12(4)17/h7-8,10,12H,6,9,17H2,1-5H3. The van der Waals surface area contributed by atoms with E-state index in [1.165, 1.54) is 0 Å². The van der Waals surface area contributed by atoms with E-state index in [1.54, 1.807) is 13.0 Å². The van der Waals surface area contributed by atoms with Gasteiger partial charge in [-0.25, -0.2) is 4.39 Å². The van der Waals surface area contributed by atoms with Crippen molar-refractivity contribution in [1.82, 2.24) is 0 Å². The Bertz CT molecular complexity index is 402. The Labute approximate surface area is 110 Å². The lowest BCUT2D eigenvalue weighted by Crippen LogP contribution is -2.26. The molecule has 2 nitrogen and oxygen atoms in total. The molecule has 0 spiro atoms. The van der Waals surface area contributed by atoms with E-state index in [0.29, 0.717) is 11.5 Å². The fraction of sp³-hybridized carbons (Fsp3) is 0.600. The zero-order valence-corrected chi connectivity index (χ0v) is 12.1. The van der Waals surface area contributed by atoms with Crippen LogP contribution in [0.3, 0.4) is 0 Å². The van der Waals surface area contributed by atoms with Gasteiger partial charge in [0.15, 0.2) is 0 Å². The first-order chi connectivity index (χ1) is 8.36. The maximum atomic E-state index is 13.6. The van der Waals surface area contributed by atoms with E-state index in [4.69, 9.17) is 5.73 Å². The molecule has 1 rings (SSSR count). The lowest BCUT2D eigenvalue weighted by molar-refractivity contribution is 0.557. The summed E-state index contributed by atoms with van der Waals surface area (Å²) in [5.74, 6) is 0.435. The third kappa shape index (κ3) is 3.45. The monoisotopic (exact) mass is 252 g/mol. The second kappa shape index (κ2) is 6.19. The molecule has 0 aromatic heterocycles. The van der Waals surface area contributed by atoms with Crippen molar-refractivity contribution in [3.63, 3.8) is 0 Å². The van der Waals surface area contributed by atoms with Crippen LogP contribution in [0.15, 0.2) is 12.1 Å². The molecule has 0 saturated heterocycles. The first-order valence-electron chi connectivity index (χ1n) is 6.63. The molecular weight excluding hydrogens is 227 g/mol. The van der Waals surface area contributed by atoms with E-state index in [1.807, 2.05) is 20.0 Å². The van der Waals surface area contributed by atoms with Crippen LogP contribution in [0.2, 0.25) is 0 Å². The molecule has 0 radical (unpaired) electrons. The van der Waals surface area contributed by atoms with Crippen molar-refractivity contribution in [3.05, 3.63) is 29.1 Å². The molecule has 1 aromatic rings. The van der Waals surface area contributed by atoms with Gasteiger partial charge < -0.3 is 10.6 Å². The summed E-state index contributed by atoms with van der Waals surface area (Å²) >= 11 is 0. The first-order valence-corrected chi connectivity index (χ1v) is 6.63. The number of hydrogen-bond donors (Lipinski definition) is 1. The van der Waals surface area contributed by atoms with Gasteiger partial charge in [-0.3, -0.25) is 0 Å². The third-order valence-corrected chi connectivity index (χ3v) is 3.49. The van der Waals surface area contributed by atoms with Crippen molar-refractivity contribution < 1.29 is 4.39 Å². The zero-order chi connectivity index (χ0) is 13.9. The van der Waals surface area contributed by atoms with Gasteiger partial charge in [-0.15, -0.1) is 0 Å². The number of halogens is 1. The van der Waals surface area contributed by atoms with Gasteiger partial charge in [0, 0.05) is 25.3 Å². The molecule has 0 heterocycles. The molecule has 0 aliphatic rings. The number of nitrogens with two attached hydrogens (primary N) is 1. The quantitative estimate of drug-likeness (QED) is 0.867. The maximum absolute atomic E-state index is 13.6. The largest absolute Gasteiger partial charge is 0.374 e. The SMILES string of the molecule is CCC(C)CN(C)c1cc(C)c(F)cc1C(C)N. The molecule has 0 amide bonds. The minimum Gasteiger partial charge on any atom is -0.374 e. The van der Waals surface area contributed by atoms with Crippen LogP contribution in [-0.4, -0.2) is 13.6 Å². The molecular formula is C15H25FN2. The van der Waals surface area contributed by atoms with Gasteiger partial charge in [-0.1, -0.05) is 20.3 Å². The van der Waals surface area contributed by atoms with Gasteiger partial charge in [-0.2, -0.15) is 0 Å². The average Bonchev–Trinajstić information content (AvgIpc) is 2.31. The van der Waals surface area contributed by atoms with Crippen molar-refractivity contribution in [2.24, 2.45) is 11.7 Å². The van der Waals surface area contributed by atoms with Crippen LogP contribution in [0.4, 0.5) is 10.1 Å². The van der Waals surface area contributed by atoms with Gasteiger partial charge in [0.25, 0.3) is 0 Å². The number of hydrogen-bond acceptors (Lipinski definition) is 2. The predicted molar refractivity (Wildman–Crippen MR) is 76.5 cm³/mol. The Hall–Kier alpha value is -1.09. The van der Waals surface area contributed by atoms with Gasteiger partial charge in [0.2, 0.25) is 0 Å². The molecule has 0 aliphatic carbocycles. The van der Waals surface area contributed by atoms with Crippen molar-refractivity contribution in [1.29, 1.82) is 0 Å². The Morgan fingerprint density at radius 2 is 1.94 bits per heavy atom. The van der Waals surface area contributed by atoms with Crippen molar-refractivity contribution in [2.45, 2.75) is 40.2 Å². The number of rotatable bonds is 5. The third-order valence-electron chi connectivity index (χ3n) is 3.49. The minimum atomic E-state index is -0.178. The summed E-state index contributed by atoms with van der Waals surface area (Å²) in [7, 11) is 2.05. The Morgan fingerprint density at radius 1 is 1.33 bits per heavy atom. The van der Waals surface area contributed by atoms with E-state index in [2.05, 4.69) is 18.7 Å². The highest BCUT2D eigenvalue weighted by atomic mass is 19.1. The molecule has 0 aliphatic heterocycles. The molecule has 18 heavy (non-hydrogen) atoms. The Kier molecular flexibility index (Phi) is 5.15. The lowest BCUT2D eigenvalue weighted by Gasteiger charge is -2.27. The average molecular weight is 252 g/mol. The van der Waals surface area contributed by atoms with Crippen LogP contribution in [0.1, 0.15) is 44.4 Å². The molecule has 102 valence electrons. The summed E-state index contributed by atoms with van der Waals surface area (Å²) in [4.78, 5) is 2.18. The molecule has 0 bridgehead atoms. The Balaban J connectivity index is 3.09. The second-order valence-electron chi connectivity index (χ2n) is 5.34. The van der Waals surface area contributed by atoms with Crippen molar-refractivity contribution in [2.75, 3.05) is 18.5 Å². The number of nitrogens with zero attached hydrogens (tertiary/aromatic N) is 1. The van der Waals surface area contributed by atoms with E-state index < -0.39 is 0 Å². The fourth-order valence-electron chi connectivity index (χ4n) is 2.07.